The van der Waals surface area contributed by atoms with E-state index in [2.05, 4.69) is 25.0 Å². The first-order valence-corrected chi connectivity index (χ1v) is 10.8. The molecule has 0 aliphatic carbocycles. The van der Waals surface area contributed by atoms with Crippen molar-refractivity contribution in [2.24, 2.45) is 0 Å². The molecule has 0 spiro atoms. The van der Waals surface area contributed by atoms with E-state index in [4.69, 9.17) is 4.74 Å². The van der Waals surface area contributed by atoms with Gasteiger partial charge in [0, 0.05) is 43.2 Å². The Labute approximate surface area is 196 Å². The second-order valence-electron chi connectivity index (χ2n) is 7.94. The number of halogens is 2. The predicted octanol–water partition coefficient (Wildman–Crippen LogP) is 3.71. The van der Waals surface area contributed by atoms with Crippen molar-refractivity contribution in [1.29, 1.82) is 0 Å². The number of ether oxygens (including phenoxy) is 2. The number of carbonyl (C=O) groups excluding carboxylic acids is 1. The molecule has 1 aliphatic heterocycles. The second-order valence-corrected chi connectivity index (χ2v) is 7.94. The van der Waals surface area contributed by atoms with Gasteiger partial charge in [0.15, 0.2) is 5.82 Å². The molecule has 0 bridgehead atoms. The van der Waals surface area contributed by atoms with Gasteiger partial charge in [0.2, 0.25) is 5.91 Å². The number of hydrogen-bond acceptors (Lipinski definition) is 7. The number of aryl methyl sites for hydroxylation is 1. The fraction of sp³-hybridized carbons (Fsp3) is 0.333. The number of benzene rings is 1. The van der Waals surface area contributed by atoms with Crippen molar-refractivity contribution in [3.05, 3.63) is 60.0 Å². The molecule has 1 saturated heterocycles. The molecule has 1 amide bonds. The normalized spacial score (nSPS) is 15.4. The van der Waals surface area contributed by atoms with Crippen molar-refractivity contribution in [3.8, 4) is 22.9 Å². The number of nitrogens with one attached hydrogen (secondary N) is 1. The third kappa shape index (κ3) is 5.75. The Hall–Kier alpha value is -3.82. The highest BCUT2D eigenvalue weighted by Crippen LogP contribution is 2.26. The van der Waals surface area contributed by atoms with Crippen LogP contribution in [0.2, 0.25) is 0 Å². The van der Waals surface area contributed by atoms with Crippen LogP contribution in [0.15, 0.2) is 48.8 Å². The van der Waals surface area contributed by atoms with Gasteiger partial charge in [0.1, 0.15) is 17.3 Å². The van der Waals surface area contributed by atoms with Gasteiger partial charge in [-0.2, -0.15) is 8.78 Å². The standard InChI is InChI=1S/C24H25F2N5O3/c1-15-20(23-27-7-3-8-28-23)4-5-21(29-15)30-17-6-9-31(14-17)22(32)12-16-10-18(33-2)13-19(11-16)34-24(25)26/h3-5,7-8,10-11,13,17,24H,6,9,12,14H2,1-2H3,(H,29,30). The van der Waals surface area contributed by atoms with Crippen LogP contribution in [0, 0.1) is 6.92 Å². The number of likely N-dealkylation sites (tertiary alicyclic amines) is 1. The van der Waals surface area contributed by atoms with E-state index < -0.39 is 6.61 Å². The second kappa shape index (κ2) is 10.4. The van der Waals surface area contributed by atoms with Crippen LogP contribution in [0.1, 0.15) is 17.7 Å². The van der Waals surface area contributed by atoms with Gasteiger partial charge in [0.25, 0.3) is 0 Å². The maximum atomic E-state index is 12.8. The SMILES string of the molecule is COc1cc(CC(=O)N2CCC(Nc3ccc(-c4ncccn4)c(C)n3)C2)cc(OC(F)F)c1. The summed E-state index contributed by atoms with van der Waals surface area (Å²) in [6, 6.07) is 10.1. The lowest BCUT2D eigenvalue weighted by Crippen LogP contribution is -2.32. The van der Waals surface area contributed by atoms with Crippen LogP contribution in [0.5, 0.6) is 11.5 Å². The fourth-order valence-corrected chi connectivity index (χ4v) is 3.94. The first-order valence-electron chi connectivity index (χ1n) is 10.8. The summed E-state index contributed by atoms with van der Waals surface area (Å²) in [7, 11) is 1.43. The van der Waals surface area contributed by atoms with Gasteiger partial charge in [-0.25, -0.2) is 15.0 Å². The molecule has 4 rings (SSSR count). The molecule has 1 aromatic carbocycles. The van der Waals surface area contributed by atoms with Crippen LogP contribution in [0.25, 0.3) is 11.4 Å². The third-order valence-corrected chi connectivity index (χ3v) is 5.54. The Morgan fingerprint density at radius 2 is 1.97 bits per heavy atom. The van der Waals surface area contributed by atoms with Crippen LogP contribution >= 0.6 is 0 Å². The third-order valence-electron chi connectivity index (χ3n) is 5.54. The maximum absolute atomic E-state index is 12.8. The number of anilines is 1. The number of amides is 1. The molecule has 1 aliphatic rings. The van der Waals surface area contributed by atoms with Gasteiger partial charge in [-0.05, 0) is 49.2 Å². The Bertz CT molecular complexity index is 1150. The minimum Gasteiger partial charge on any atom is -0.497 e. The summed E-state index contributed by atoms with van der Waals surface area (Å²) in [5, 5.41) is 3.39. The Balaban J connectivity index is 1.36. The van der Waals surface area contributed by atoms with Crippen LogP contribution < -0.4 is 14.8 Å². The summed E-state index contributed by atoms with van der Waals surface area (Å²) in [5.41, 5.74) is 2.22. The van der Waals surface area contributed by atoms with Crippen molar-refractivity contribution in [2.75, 3.05) is 25.5 Å². The summed E-state index contributed by atoms with van der Waals surface area (Å²) in [5.74, 6) is 1.56. The molecular weight excluding hydrogens is 444 g/mol. The van der Waals surface area contributed by atoms with E-state index in [1.54, 1.807) is 29.4 Å². The number of rotatable bonds is 8. The molecule has 1 atom stereocenters. The molecule has 34 heavy (non-hydrogen) atoms. The van der Waals surface area contributed by atoms with E-state index in [9.17, 15) is 13.6 Å². The Morgan fingerprint density at radius 1 is 1.21 bits per heavy atom. The van der Waals surface area contributed by atoms with Crippen LogP contribution in [-0.2, 0) is 11.2 Å². The number of aromatic nitrogens is 3. The van der Waals surface area contributed by atoms with Gasteiger partial charge in [-0.1, -0.05) is 0 Å². The molecule has 8 nitrogen and oxygen atoms in total. The minimum atomic E-state index is -2.95. The Kier molecular flexibility index (Phi) is 7.15. The van der Waals surface area contributed by atoms with Gasteiger partial charge >= 0.3 is 6.61 Å². The number of hydrogen-bond donors (Lipinski definition) is 1. The van der Waals surface area contributed by atoms with Gasteiger partial charge in [0.05, 0.1) is 19.2 Å². The molecule has 0 radical (unpaired) electrons. The number of alkyl halides is 2. The van der Waals surface area contributed by atoms with E-state index in [0.29, 0.717) is 30.2 Å². The van der Waals surface area contributed by atoms with Crippen molar-refractivity contribution >= 4 is 11.7 Å². The summed E-state index contributed by atoms with van der Waals surface area (Å²) in [6.45, 7) is 0.0673. The van der Waals surface area contributed by atoms with Crippen LogP contribution in [-0.4, -0.2) is 58.6 Å². The smallest absolute Gasteiger partial charge is 0.387 e. The zero-order valence-electron chi connectivity index (χ0n) is 18.9. The van der Waals surface area contributed by atoms with Crippen molar-refractivity contribution in [2.45, 2.75) is 32.4 Å². The molecule has 1 N–H and O–H groups in total. The minimum absolute atomic E-state index is 0.0380. The molecule has 1 fully saturated rings. The average Bonchev–Trinajstić information content (AvgIpc) is 3.28. The van der Waals surface area contributed by atoms with Crippen molar-refractivity contribution < 1.29 is 23.0 Å². The zero-order chi connectivity index (χ0) is 24.1. The monoisotopic (exact) mass is 469 g/mol. The highest BCUT2D eigenvalue weighted by atomic mass is 19.3. The van der Waals surface area contributed by atoms with Gasteiger partial charge in [-0.15, -0.1) is 0 Å². The highest BCUT2D eigenvalue weighted by Gasteiger charge is 2.27. The molecule has 178 valence electrons. The van der Waals surface area contributed by atoms with E-state index in [1.807, 2.05) is 19.1 Å². The average molecular weight is 469 g/mol. The van der Waals surface area contributed by atoms with E-state index >= 15 is 0 Å². The summed E-state index contributed by atoms with van der Waals surface area (Å²) in [4.78, 5) is 27.7. The lowest BCUT2D eigenvalue weighted by molar-refractivity contribution is -0.129. The van der Waals surface area contributed by atoms with Crippen molar-refractivity contribution in [1.82, 2.24) is 19.9 Å². The quantitative estimate of drug-likeness (QED) is 0.538. The number of pyridine rings is 1. The zero-order valence-corrected chi connectivity index (χ0v) is 18.9. The van der Waals surface area contributed by atoms with Gasteiger partial charge < -0.3 is 19.7 Å². The molecule has 10 heteroatoms. The lowest BCUT2D eigenvalue weighted by Gasteiger charge is -2.18. The van der Waals surface area contributed by atoms with E-state index in [1.165, 1.54) is 19.2 Å². The molecule has 0 saturated carbocycles. The largest absolute Gasteiger partial charge is 0.497 e. The molecule has 2 aromatic heterocycles. The molecule has 1 unspecified atom stereocenters. The number of nitrogens with zero attached hydrogens (tertiary/aromatic N) is 4. The first-order chi connectivity index (χ1) is 16.4. The maximum Gasteiger partial charge on any atom is 0.387 e. The van der Waals surface area contributed by atoms with Crippen molar-refractivity contribution in [3.63, 3.8) is 0 Å². The predicted molar refractivity (Wildman–Crippen MR) is 122 cm³/mol. The summed E-state index contributed by atoms with van der Waals surface area (Å²) >= 11 is 0. The molecule has 3 heterocycles. The van der Waals surface area contributed by atoms with Crippen LogP contribution in [0.3, 0.4) is 0 Å². The van der Waals surface area contributed by atoms with Crippen LogP contribution in [0.4, 0.5) is 14.6 Å². The number of methoxy groups -OCH3 is 1. The van der Waals surface area contributed by atoms with Gasteiger partial charge in [-0.3, -0.25) is 4.79 Å². The summed E-state index contributed by atoms with van der Waals surface area (Å²) < 4.78 is 34.8. The molecule has 3 aromatic rings. The topological polar surface area (TPSA) is 89.5 Å². The first kappa shape index (κ1) is 23.3. The summed E-state index contributed by atoms with van der Waals surface area (Å²) in [6.07, 6.45) is 4.22. The van der Waals surface area contributed by atoms with E-state index in [0.717, 1.165) is 23.5 Å². The lowest BCUT2D eigenvalue weighted by atomic mass is 10.1. The highest BCUT2D eigenvalue weighted by molar-refractivity contribution is 5.79. The van der Waals surface area contributed by atoms with E-state index in [-0.39, 0.29) is 24.1 Å². The number of carbonyl (C=O) groups is 1. The fourth-order valence-electron chi connectivity index (χ4n) is 3.94. The molecular formula is C24H25F2N5O3. The Morgan fingerprint density at radius 3 is 2.68 bits per heavy atom.